The van der Waals surface area contributed by atoms with E-state index in [0.29, 0.717) is 10.5 Å². The number of halogens is 1. The summed E-state index contributed by atoms with van der Waals surface area (Å²) in [6.45, 7) is 0. The molecule has 0 fully saturated rings. The first-order valence-electron chi connectivity index (χ1n) is 4.17. The van der Waals surface area contributed by atoms with Gasteiger partial charge in [-0.25, -0.2) is 9.78 Å². The second-order valence-electron chi connectivity index (χ2n) is 3.07. The fourth-order valence-corrected chi connectivity index (χ4v) is 1.49. The largest absolute Gasteiger partial charge is 0.476 e. The van der Waals surface area contributed by atoms with Crippen LogP contribution in [0.15, 0.2) is 24.3 Å². The molecule has 0 aliphatic heterocycles. The standard InChI is InChI=1S/C10H7ClN2O2/c11-6-2-1-5-3-7(12)9(10(14)15)13-8(5)4-6/h1-4H,12H2,(H,14,15). The van der Waals surface area contributed by atoms with Gasteiger partial charge in [-0.3, -0.25) is 0 Å². The molecule has 76 valence electrons. The monoisotopic (exact) mass is 222 g/mol. The number of nitrogens with two attached hydrogens (primary N) is 1. The number of hydrogen-bond acceptors (Lipinski definition) is 3. The summed E-state index contributed by atoms with van der Waals surface area (Å²) < 4.78 is 0. The topological polar surface area (TPSA) is 76.2 Å². The second-order valence-corrected chi connectivity index (χ2v) is 3.50. The maximum atomic E-state index is 10.8. The zero-order chi connectivity index (χ0) is 11.0. The lowest BCUT2D eigenvalue weighted by atomic mass is 10.2. The third-order valence-electron chi connectivity index (χ3n) is 2.01. The predicted molar refractivity (Wildman–Crippen MR) is 58.1 cm³/mol. The molecule has 0 aliphatic carbocycles. The van der Waals surface area contributed by atoms with Gasteiger partial charge in [-0.1, -0.05) is 17.7 Å². The number of carbonyl (C=O) groups is 1. The maximum absolute atomic E-state index is 10.8. The highest BCUT2D eigenvalue weighted by Crippen LogP contribution is 2.21. The Morgan fingerprint density at radius 3 is 2.80 bits per heavy atom. The number of benzene rings is 1. The Hall–Kier alpha value is -1.81. The van der Waals surface area contributed by atoms with Crippen molar-refractivity contribution in [3.8, 4) is 0 Å². The van der Waals surface area contributed by atoms with Gasteiger partial charge in [0.2, 0.25) is 0 Å². The van der Waals surface area contributed by atoms with Crippen LogP contribution in [0.25, 0.3) is 10.9 Å². The number of carboxylic acid groups (broad SMARTS) is 1. The van der Waals surface area contributed by atoms with Gasteiger partial charge in [-0.15, -0.1) is 0 Å². The van der Waals surface area contributed by atoms with E-state index in [0.717, 1.165) is 5.39 Å². The summed E-state index contributed by atoms with van der Waals surface area (Å²) in [7, 11) is 0. The number of aromatic nitrogens is 1. The molecule has 4 nitrogen and oxygen atoms in total. The molecule has 0 aliphatic rings. The Kier molecular flexibility index (Phi) is 2.21. The SMILES string of the molecule is Nc1cc2ccc(Cl)cc2nc1C(=O)O. The molecule has 0 saturated heterocycles. The van der Waals surface area contributed by atoms with Gasteiger partial charge < -0.3 is 10.8 Å². The van der Waals surface area contributed by atoms with Crippen LogP contribution in [0.1, 0.15) is 10.5 Å². The third-order valence-corrected chi connectivity index (χ3v) is 2.25. The maximum Gasteiger partial charge on any atom is 0.356 e. The molecular formula is C10H7ClN2O2. The van der Waals surface area contributed by atoms with Crippen molar-refractivity contribution in [2.45, 2.75) is 0 Å². The lowest BCUT2D eigenvalue weighted by molar-refractivity contribution is 0.0692. The Labute approximate surface area is 90.3 Å². The normalized spacial score (nSPS) is 10.5. The molecule has 1 heterocycles. The number of pyridine rings is 1. The van der Waals surface area contributed by atoms with Crippen LogP contribution in [-0.4, -0.2) is 16.1 Å². The van der Waals surface area contributed by atoms with E-state index in [1.807, 2.05) is 0 Å². The molecule has 3 N–H and O–H groups in total. The average molecular weight is 223 g/mol. The number of nitrogen functional groups attached to an aromatic ring is 1. The number of nitrogens with zero attached hydrogens (tertiary/aromatic N) is 1. The van der Waals surface area contributed by atoms with Crippen molar-refractivity contribution in [2.75, 3.05) is 5.73 Å². The van der Waals surface area contributed by atoms with E-state index in [1.165, 1.54) is 0 Å². The minimum Gasteiger partial charge on any atom is -0.476 e. The summed E-state index contributed by atoms with van der Waals surface area (Å²) in [5, 5.41) is 10.1. The summed E-state index contributed by atoms with van der Waals surface area (Å²) in [6, 6.07) is 6.61. The molecule has 0 bridgehead atoms. The van der Waals surface area contributed by atoms with Crippen LogP contribution < -0.4 is 5.73 Å². The van der Waals surface area contributed by atoms with Crippen molar-refractivity contribution in [1.29, 1.82) is 0 Å². The minimum atomic E-state index is -1.14. The molecule has 0 spiro atoms. The molecule has 1 aromatic heterocycles. The van der Waals surface area contributed by atoms with E-state index in [-0.39, 0.29) is 11.4 Å². The molecule has 2 rings (SSSR count). The molecule has 0 amide bonds. The second kappa shape index (κ2) is 3.40. The van der Waals surface area contributed by atoms with Crippen LogP contribution in [0.2, 0.25) is 5.02 Å². The number of aromatic carboxylic acids is 1. The van der Waals surface area contributed by atoms with Crippen LogP contribution in [0.5, 0.6) is 0 Å². The Balaban J connectivity index is 2.77. The van der Waals surface area contributed by atoms with E-state index in [2.05, 4.69) is 4.98 Å². The van der Waals surface area contributed by atoms with Crippen molar-refractivity contribution in [3.05, 3.63) is 35.0 Å². The van der Waals surface area contributed by atoms with Gasteiger partial charge in [0.25, 0.3) is 0 Å². The first-order chi connectivity index (χ1) is 7.08. The average Bonchev–Trinajstić information content (AvgIpc) is 2.17. The number of fused-ring (bicyclic) bond motifs is 1. The highest BCUT2D eigenvalue weighted by atomic mass is 35.5. The molecule has 0 radical (unpaired) electrons. The van der Waals surface area contributed by atoms with Crippen molar-refractivity contribution in [1.82, 2.24) is 4.98 Å². The van der Waals surface area contributed by atoms with E-state index >= 15 is 0 Å². The fourth-order valence-electron chi connectivity index (χ4n) is 1.33. The lowest BCUT2D eigenvalue weighted by Crippen LogP contribution is -2.05. The number of carboxylic acids is 1. The van der Waals surface area contributed by atoms with Crippen molar-refractivity contribution in [3.63, 3.8) is 0 Å². The molecular weight excluding hydrogens is 216 g/mol. The van der Waals surface area contributed by atoms with Crippen LogP contribution >= 0.6 is 11.6 Å². The molecule has 0 unspecified atom stereocenters. The van der Waals surface area contributed by atoms with Crippen molar-refractivity contribution < 1.29 is 9.90 Å². The lowest BCUT2D eigenvalue weighted by Gasteiger charge is -2.03. The van der Waals surface area contributed by atoms with Crippen molar-refractivity contribution >= 4 is 34.2 Å². The van der Waals surface area contributed by atoms with Gasteiger partial charge in [0, 0.05) is 10.4 Å². The van der Waals surface area contributed by atoms with Gasteiger partial charge in [-0.2, -0.15) is 0 Å². The van der Waals surface area contributed by atoms with Gasteiger partial charge in [0.05, 0.1) is 11.2 Å². The molecule has 2 aromatic rings. The summed E-state index contributed by atoms with van der Waals surface area (Å²) >= 11 is 5.77. The first-order valence-corrected chi connectivity index (χ1v) is 4.55. The Morgan fingerprint density at radius 1 is 1.40 bits per heavy atom. The highest BCUT2D eigenvalue weighted by molar-refractivity contribution is 6.31. The quantitative estimate of drug-likeness (QED) is 0.775. The molecule has 15 heavy (non-hydrogen) atoms. The van der Waals surface area contributed by atoms with E-state index in [9.17, 15) is 4.79 Å². The summed E-state index contributed by atoms with van der Waals surface area (Å²) in [5.74, 6) is -1.14. The van der Waals surface area contributed by atoms with Crippen LogP contribution in [0, 0.1) is 0 Å². The fraction of sp³-hybridized carbons (Fsp3) is 0. The van der Waals surface area contributed by atoms with Gasteiger partial charge in [0.15, 0.2) is 5.69 Å². The smallest absolute Gasteiger partial charge is 0.356 e. The third kappa shape index (κ3) is 1.71. The zero-order valence-electron chi connectivity index (χ0n) is 7.57. The van der Waals surface area contributed by atoms with Crippen LogP contribution in [0.4, 0.5) is 5.69 Å². The van der Waals surface area contributed by atoms with Gasteiger partial charge >= 0.3 is 5.97 Å². The van der Waals surface area contributed by atoms with E-state index in [4.69, 9.17) is 22.4 Å². The number of hydrogen-bond donors (Lipinski definition) is 2. The van der Waals surface area contributed by atoms with Gasteiger partial charge in [0.1, 0.15) is 0 Å². The summed E-state index contributed by atoms with van der Waals surface area (Å²) in [6.07, 6.45) is 0. The minimum absolute atomic E-state index is 0.148. The Bertz CT molecular complexity index is 554. The summed E-state index contributed by atoms with van der Waals surface area (Å²) in [5.41, 5.74) is 6.07. The van der Waals surface area contributed by atoms with Crippen LogP contribution in [-0.2, 0) is 0 Å². The molecule has 0 saturated carbocycles. The zero-order valence-corrected chi connectivity index (χ0v) is 8.32. The van der Waals surface area contributed by atoms with E-state index in [1.54, 1.807) is 24.3 Å². The summed E-state index contributed by atoms with van der Waals surface area (Å²) in [4.78, 5) is 14.7. The van der Waals surface area contributed by atoms with Crippen LogP contribution in [0.3, 0.4) is 0 Å². The Morgan fingerprint density at radius 2 is 2.13 bits per heavy atom. The molecule has 5 heteroatoms. The molecule has 0 atom stereocenters. The molecule has 1 aromatic carbocycles. The van der Waals surface area contributed by atoms with Crippen molar-refractivity contribution in [2.24, 2.45) is 0 Å². The highest BCUT2D eigenvalue weighted by Gasteiger charge is 2.11. The number of anilines is 1. The predicted octanol–water partition coefficient (Wildman–Crippen LogP) is 2.17. The van der Waals surface area contributed by atoms with Gasteiger partial charge in [-0.05, 0) is 18.2 Å². The first kappa shape index (κ1) is 9.73. The van der Waals surface area contributed by atoms with E-state index < -0.39 is 5.97 Å². The number of rotatable bonds is 1.